The van der Waals surface area contributed by atoms with Crippen LogP contribution < -0.4 is 14.8 Å². The molecule has 78 valence electrons. The summed E-state index contributed by atoms with van der Waals surface area (Å²) in [5.74, 6) is 1.55. The predicted molar refractivity (Wildman–Crippen MR) is 55.0 cm³/mol. The van der Waals surface area contributed by atoms with E-state index in [-0.39, 0.29) is 0 Å². The van der Waals surface area contributed by atoms with E-state index in [1.165, 1.54) is 0 Å². The number of ether oxygens (including phenoxy) is 2. The Morgan fingerprint density at radius 3 is 2.21 bits per heavy atom. The lowest BCUT2D eigenvalue weighted by atomic mass is 10.1. The number of pyridine rings is 1. The fraction of sp³-hybridized carbons (Fsp3) is 0.500. The smallest absolute Gasteiger partial charge is 0.144 e. The Hall–Kier alpha value is -1.29. The molecular weight excluding hydrogens is 180 g/mol. The van der Waals surface area contributed by atoms with Crippen LogP contribution in [0, 0.1) is 0 Å². The van der Waals surface area contributed by atoms with Gasteiger partial charge < -0.3 is 14.8 Å². The number of hydrogen-bond donors (Lipinski definition) is 1. The lowest BCUT2D eigenvalue weighted by Gasteiger charge is -2.11. The van der Waals surface area contributed by atoms with E-state index in [2.05, 4.69) is 10.3 Å². The van der Waals surface area contributed by atoms with Crippen molar-refractivity contribution in [3.8, 4) is 11.5 Å². The van der Waals surface area contributed by atoms with Gasteiger partial charge in [-0.3, -0.25) is 4.98 Å². The number of rotatable bonds is 5. The van der Waals surface area contributed by atoms with Crippen molar-refractivity contribution in [3.63, 3.8) is 0 Å². The summed E-state index contributed by atoms with van der Waals surface area (Å²) >= 11 is 0. The van der Waals surface area contributed by atoms with Crippen LogP contribution in [0.1, 0.15) is 5.56 Å². The molecule has 14 heavy (non-hydrogen) atoms. The Bertz CT molecular complexity index is 267. The first-order valence-corrected chi connectivity index (χ1v) is 4.53. The molecule has 4 nitrogen and oxygen atoms in total. The first kappa shape index (κ1) is 10.8. The number of methoxy groups -OCH3 is 2. The van der Waals surface area contributed by atoms with Crippen LogP contribution in [0.15, 0.2) is 12.4 Å². The lowest BCUT2D eigenvalue weighted by molar-refractivity contribution is 0.381. The SMILES string of the molecule is CNCCc1c(OC)cncc1OC. The molecule has 0 saturated carbocycles. The third kappa shape index (κ3) is 2.35. The van der Waals surface area contributed by atoms with Gasteiger partial charge >= 0.3 is 0 Å². The molecule has 0 saturated heterocycles. The van der Waals surface area contributed by atoms with Crippen molar-refractivity contribution >= 4 is 0 Å². The van der Waals surface area contributed by atoms with Crippen LogP contribution in [0.3, 0.4) is 0 Å². The summed E-state index contributed by atoms with van der Waals surface area (Å²) in [4.78, 5) is 4.02. The van der Waals surface area contributed by atoms with Crippen LogP contribution in [0.5, 0.6) is 11.5 Å². The van der Waals surface area contributed by atoms with Gasteiger partial charge in [-0.25, -0.2) is 0 Å². The van der Waals surface area contributed by atoms with E-state index in [1.807, 2.05) is 7.05 Å². The van der Waals surface area contributed by atoms with Crippen LogP contribution in [-0.2, 0) is 6.42 Å². The van der Waals surface area contributed by atoms with Crippen molar-refractivity contribution in [1.82, 2.24) is 10.3 Å². The molecule has 0 radical (unpaired) electrons. The molecule has 0 unspecified atom stereocenters. The molecule has 0 aliphatic carbocycles. The van der Waals surface area contributed by atoms with Gasteiger partial charge in [0.05, 0.1) is 26.6 Å². The standard InChI is InChI=1S/C10H16N2O2/c1-11-5-4-8-9(13-2)6-12-7-10(8)14-3/h6-7,11H,4-5H2,1-3H3. The minimum atomic E-state index is 0.777. The first-order valence-electron chi connectivity index (χ1n) is 4.53. The third-order valence-electron chi connectivity index (χ3n) is 2.04. The zero-order chi connectivity index (χ0) is 10.4. The fourth-order valence-corrected chi connectivity index (χ4v) is 1.30. The molecule has 0 bridgehead atoms. The number of hydrogen-bond acceptors (Lipinski definition) is 4. The van der Waals surface area contributed by atoms with E-state index in [1.54, 1.807) is 26.6 Å². The van der Waals surface area contributed by atoms with Crippen molar-refractivity contribution in [2.75, 3.05) is 27.8 Å². The van der Waals surface area contributed by atoms with Crippen LogP contribution in [0.25, 0.3) is 0 Å². The average molecular weight is 196 g/mol. The largest absolute Gasteiger partial charge is 0.495 e. The molecule has 1 rings (SSSR count). The highest BCUT2D eigenvalue weighted by atomic mass is 16.5. The van der Waals surface area contributed by atoms with Gasteiger partial charge in [-0.2, -0.15) is 0 Å². The molecule has 1 aromatic rings. The van der Waals surface area contributed by atoms with Gasteiger partial charge in [0.1, 0.15) is 11.5 Å². The number of nitrogens with zero attached hydrogens (tertiary/aromatic N) is 1. The van der Waals surface area contributed by atoms with Gasteiger partial charge in [0.15, 0.2) is 0 Å². The lowest BCUT2D eigenvalue weighted by Crippen LogP contribution is -2.11. The maximum absolute atomic E-state index is 5.21. The number of aromatic nitrogens is 1. The van der Waals surface area contributed by atoms with E-state index >= 15 is 0 Å². The summed E-state index contributed by atoms with van der Waals surface area (Å²) in [6, 6.07) is 0. The number of nitrogens with one attached hydrogen (secondary N) is 1. The van der Waals surface area contributed by atoms with E-state index < -0.39 is 0 Å². The zero-order valence-electron chi connectivity index (χ0n) is 8.83. The fourth-order valence-electron chi connectivity index (χ4n) is 1.30. The van der Waals surface area contributed by atoms with Gasteiger partial charge in [0.2, 0.25) is 0 Å². The van der Waals surface area contributed by atoms with Crippen molar-refractivity contribution in [1.29, 1.82) is 0 Å². The van der Waals surface area contributed by atoms with Crippen LogP contribution in [-0.4, -0.2) is 32.8 Å². The second kappa shape index (κ2) is 5.44. The summed E-state index contributed by atoms with van der Waals surface area (Å²) in [6.07, 6.45) is 4.27. The molecule has 1 N–H and O–H groups in total. The van der Waals surface area contributed by atoms with Crippen LogP contribution in [0.4, 0.5) is 0 Å². The highest BCUT2D eigenvalue weighted by Gasteiger charge is 2.09. The topological polar surface area (TPSA) is 43.4 Å². The Morgan fingerprint density at radius 2 is 1.79 bits per heavy atom. The van der Waals surface area contributed by atoms with Gasteiger partial charge in [-0.05, 0) is 20.0 Å². The molecule has 1 aromatic heterocycles. The maximum atomic E-state index is 5.21. The molecule has 0 aromatic carbocycles. The van der Waals surface area contributed by atoms with E-state index in [0.29, 0.717) is 0 Å². The van der Waals surface area contributed by atoms with E-state index in [4.69, 9.17) is 9.47 Å². The summed E-state index contributed by atoms with van der Waals surface area (Å²) in [5.41, 5.74) is 1.05. The summed E-state index contributed by atoms with van der Waals surface area (Å²) < 4.78 is 10.4. The summed E-state index contributed by atoms with van der Waals surface area (Å²) in [7, 11) is 5.19. The van der Waals surface area contributed by atoms with Gasteiger partial charge in [-0.1, -0.05) is 0 Å². The van der Waals surface area contributed by atoms with E-state index in [0.717, 1.165) is 30.0 Å². The zero-order valence-corrected chi connectivity index (χ0v) is 8.83. The Morgan fingerprint density at radius 1 is 1.21 bits per heavy atom. The molecule has 0 amide bonds. The second-order valence-corrected chi connectivity index (χ2v) is 2.88. The molecule has 0 aliphatic rings. The highest BCUT2D eigenvalue weighted by molar-refractivity contribution is 5.41. The average Bonchev–Trinajstić information content (AvgIpc) is 2.25. The van der Waals surface area contributed by atoms with Gasteiger partial charge in [0.25, 0.3) is 0 Å². The first-order chi connectivity index (χ1) is 6.83. The number of likely N-dealkylation sites (N-methyl/N-ethyl adjacent to an activating group) is 1. The maximum Gasteiger partial charge on any atom is 0.144 e. The molecule has 0 atom stereocenters. The Balaban J connectivity index is 2.93. The third-order valence-corrected chi connectivity index (χ3v) is 2.04. The van der Waals surface area contributed by atoms with Crippen molar-refractivity contribution in [3.05, 3.63) is 18.0 Å². The molecule has 1 heterocycles. The molecule has 4 heteroatoms. The summed E-state index contributed by atoms with van der Waals surface area (Å²) in [5, 5.41) is 3.09. The quantitative estimate of drug-likeness (QED) is 0.758. The molecule has 0 aliphatic heterocycles. The molecule has 0 fully saturated rings. The molecular formula is C10H16N2O2. The molecule has 0 spiro atoms. The normalized spacial score (nSPS) is 9.93. The van der Waals surface area contributed by atoms with Crippen LogP contribution >= 0.6 is 0 Å². The minimum Gasteiger partial charge on any atom is -0.495 e. The minimum absolute atomic E-state index is 0.777. The monoisotopic (exact) mass is 196 g/mol. The van der Waals surface area contributed by atoms with E-state index in [9.17, 15) is 0 Å². The predicted octanol–water partition coefficient (Wildman–Crippen LogP) is 0.861. The van der Waals surface area contributed by atoms with Gasteiger partial charge in [0, 0.05) is 5.56 Å². The van der Waals surface area contributed by atoms with Crippen molar-refractivity contribution in [2.24, 2.45) is 0 Å². The van der Waals surface area contributed by atoms with Gasteiger partial charge in [-0.15, -0.1) is 0 Å². The van der Waals surface area contributed by atoms with Crippen LogP contribution in [0.2, 0.25) is 0 Å². The van der Waals surface area contributed by atoms with Crippen molar-refractivity contribution < 1.29 is 9.47 Å². The highest BCUT2D eigenvalue weighted by Crippen LogP contribution is 2.26. The second-order valence-electron chi connectivity index (χ2n) is 2.88. The Kier molecular flexibility index (Phi) is 4.19. The van der Waals surface area contributed by atoms with Crippen molar-refractivity contribution in [2.45, 2.75) is 6.42 Å². The summed E-state index contributed by atoms with van der Waals surface area (Å²) in [6.45, 7) is 0.886. The Labute approximate surface area is 84.3 Å².